The second-order valence-electron chi connectivity index (χ2n) is 4.48. The number of H-pyrrole nitrogens is 2. The highest BCUT2D eigenvalue weighted by Gasteiger charge is 2.10. The van der Waals surface area contributed by atoms with Gasteiger partial charge in [0.1, 0.15) is 5.82 Å². The first kappa shape index (κ1) is 12.2. The first-order valence-corrected chi connectivity index (χ1v) is 6.11. The summed E-state index contributed by atoms with van der Waals surface area (Å²) >= 11 is 0. The molecule has 0 atom stereocenters. The third-order valence-electron chi connectivity index (χ3n) is 2.99. The number of allylic oxidation sites excluding steroid dienone is 1. The zero-order valence-electron chi connectivity index (χ0n) is 10.7. The van der Waals surface area contributed by atoms with Crippen molar-refractivity contribution in [2.75, 3.05) is 5.73 Å². The van der Waals surface area contributed by atoms with E-state index in [1.54, 1.807) is 0 Å². The van der Waals surface area contributed by atoms with E-state index in [9.17, 15) is 4.79 Å². The number of hydrogen-bond acceptors (Lipinski definition) is 4. The molecule has 3 aromatic rings. The van der Waals surface area contributed by atoms with Crippen LogP contribution in [0.1, 0.15) is 11.4 Å². The Balaban J connectivity index is 1.94. The fraction of sp³-hybridized carbons (Fsp3) is 0.0714. The SMILES string of the molecule is C=C(Cc1nc2nc(N)[nH]c(=O)c2[nH]1)c1ccccc1. The number of aromatic nitrogens is 4. The Morgan fingerprint density at radius 1 is 1.20 bits per heavy atom. The topological polar surface area (TPSA) is 100 Å². The number of fused-ring (bicyclic) bond motifs is 1. The van der Waals surface area contributed by atoms with Crippen molar-refractivity contribution in [3.63, 3.8) is 0 Å². The minimum absolute atomic E-state index is 0.0578. The summed E-state index contributed by atoms with van der Waals surface area (Å²) < 4.78 is 0. The molecule has 0 aliphatic heterocycles. The Kier molecular flexibility index (Phi) is 2.83. The van der Waals surface area contributed by atoms with Crippen LogP contribution in [0.15, 0.2) is 41.7 Å². The van der Waals surface area contributed by atoms with Gasteiger partial charge in [-0.05, 0) is 11.1 Å². The predicted octanol–water partition coefficient (Wildman–Crippen LogP) is 1.48. The smallest absolute Gasteiger partial charge is 0.278 e. The number of benzene rings is 1. The molecule has 0 bridgehead atoms. The molecule has 0 aliphatic rings. The van der Waals surface area contributed by atoms with Gasteiger partial charge in [0.15, 0.2) is 11.2 Å². The minimum Gasteiger partial charge on any atom is -0.369 e. The first-order chi connectivity index (χ1) is 9.63. The first-order valence-electron chi connectivity index (χ1n) is 6.11. The summed E-state index contributed by atoms with van der Waals surface area (Å²) in [5.41, 5.74) is 7.76. The highest BCUT2D eigenvalue weighted by molar-refractivity contribution is 5.72. The largest absolute Gasteiger partial charge is 0.369 e. The van der Waals surface area contributed by atoms with Crippen LogP contribution in [0.25, 0.3) is 16.7 Å². The molecule has 20 heavy (non-hydrogen) atoms. The maximum Gasteiger partial charge on any atom is 0.278 e. The number of aromatic amines is 2. The van der Waals surface area contributed by atoms with Crippen LogP contribution in [0.5, 0.6) is 0 Å². The normalized spacial score (nSPS) is 10.8. The third kappa shape index (κ3) is 2.18. The second-order valence-corrected chi connectivity index (χ2v) is 4.48. The van der Waals surface area contributed by atoms with Gasteiger partial charge in [-0.3, -0.25) is 9.78 Å². The van der Waals surface area contributed by atoms with Gasteiger partial charge in [-0.25, -0.2) is 4.98 Å². The van der Waals surface area contributed by atoms with Gasteiger partial charge >= 0.3 is 0 Å². The molecule has 0 spiro atoms. The number of anilines is 1. The van der Waals surface area contributed by atoms with Crippen molar-refractivity contribution < 1.29 is 0 Å². The summed E-state index contributed by atoms with van der Waals surface area (Å²) in [4.78, 5) is 25.3. The lowest BCUT2D eigenvalue weighted by molar-refractivity contribution is 1.08. The Morgan fingerprint density at radius 3 is 2.70 bits per heavy atom. The molecule has 0 saturated heterocycles. The zero-order chi connectivity index (χ0) is 14.1. The predicted molar refractivity (Wildman–Crippen MR) is 78.1 cm³/mol. The van der Waals surface area contributed by atoms with E-state index >= 15 is 0 Å². The van der Waals surface area contributed by atoms with Crippen LogP contribution in [0.2, 0.25) is 0 Å². The van der Waals surface area contributed by atoms with E-state index in [-0.39, 0.29) is 11.5 Å². The van der Waals surface area contributed by atoms with Crippen molar-refractivity contribution >= 4 is 22.7 Å². The second kappa shape index (κ2) is 4.65. The van der Waals surface area contributed by atoms with Crippen LogP contribution < -0.4 is 11.3 Å². The molecule has 0 unspecified atom stereocenters. The van der Waals surface area contributed by atoms with Gasteiger partial charge in [0.25, 0.3) is 5.56 Å². The standard InChI is InChI=1S/C14H13N5O/c1-8(9-5-3-2-4-6-9)7-10-16-11-12(17-10)18-14(15)19-13(11)20/h2-6H,1,7H2,(H4,15,16,17,18,19,20). The average Bonchev–Trinajstić information content (AvgIpc) is 2.82. The fourth-order valence-electron chi connectivity index (χ4n) is 2.03. The zero-order valence-corrected chi connectivity index (χ0v) is 10.7. The van der Waals surface area contributed by atoms with E-state index in [1.165, 1.54) is 0 Å². The van der Waals surface area contributed by atoms with Crippen LogP contribution in [0, 0.1) is 0 Å². The number of nitrogens with one attached hydrogen (secondary N) is 2. The number of nitrogens with two attached hydrogens (primary N) is 1. The molecule has 0 saturated carbocycles. The van der Waals surface area contributed by atoms with E-state index in [0.717, 1.165) is 11.1 Å². The lowest BCUT2D eigenvalue weighted by atomic mass is 10.0. The summed E-state index contributed by atoms with van der Waals surface area (Å²) in [6.07, 6.45) is 0.514. The molecule has 6 heteroatoms. The van der Waals surface area contributed by atoms with Gasteiger partial charge in [-0.1, -0.05) is 36.9 Å². The Morgan fingerprint density at radius 2 is 1.95 bits per heavy atom. The summed E-state index contributed by atoms with van der Waals surface area (Å²) in [6, 6.07) is 9.81. The van der Waals surface area contributed by atoms with Crippen molar-refractivity contribution in [1.82, 2.24) is 19.9 Å². The lowest BCUT2D eigenvalue weighted by Gasteiger charge is -2.02. The van der Waals surface area contributed by atoms with Crippen LogP contribution in [-0.2, 0) is 6.42 Å². The van der Waals surface area contributed by atoms with Crippen LogP contribution in [-0.4, -0.2) is 19.9 Å². The molecule has 6 nitrogen and oxygen atoms in total. The van der Waals surface area contributed by atoms with Crippen molar-refractivity contribution in [3.05, 3.63) is 58.7 Å². The van der Waals surface area contributed by atoms with Crippen molar-refractivity contribution in [2.24, 2.45) is 0 Å². The monoisotopic (exact) mass is 267 g/mol. The summed E-state index contributed by atoms with van der Waals surface area (Å²) in [6.45, 7) is 4.04. The minimum atomic E-state index is -0.323. The molecule has 0 amide bonds. The summed E-state index contributed by atoms with van der Waals surface area (Å²) in [5, 5.41) is 0. The molecule has 2 aromatic heterocycles. The summed E-state index contributed by atoms with van der Waals surface area (Å²) in [5.74, 6) is 0.694. The van der Waals surface area contributed by atoms with E-state index in [1.807, 2.05) is 30.3 Å². The number of rotatable bonds is 3. The van der Waals surface area contributed by atoms with Crippen molar-refractivity contribution in [2.45, 2.75) is 6.42 Å². The van der Waals surface area contributed by atoms with Gasteiger partial charge in [0.2, 0.25) is 5.95 Å². The third-order valence-corrected chi connectivity index (χ3v) is 2.99. The molecule has 0 aliphatic carbocycles. The molecular formula is C14H13N5O. The molecule has 100 valence electrons. The van der Waals surface area contributed by atoms with Gasteiger partial charge < -0.3 is 10.7 Å². The number of nitrogen functional groups attached to an aromatic ring is 1. The van der Waals surface area contributed by atoms with Gasteiger partial charge in [0, 0.05) is 6.42 Å². The maximum absolute atomic E-state index is 11.7. The maximum atomic E-state index is 11.7. The van der Waals surface area contributed by atoms with E-state index in [2.05, 4.69) is 26.5 Å². The molecule has 0 fully saturated rings. The fourth-order valence-corrected chi connectivity index (χ4v) is 2.03. The van der Waals surface area contributed by atoms with Crippen molar-refractivity contribution in [1.29, 1.82) is 0 Å². The van der Waals surface area contributed by atoms with Gasteiger partial charge in [-0.2, -0.15) is 4.98 Å². The van der Waals surface area contributed by atoms with E-state index in [0.29, 0.717) is 23.4 Å². The Labute approximate surface area is 114 Å². The van der Waals surface area contributed by atoms with Gasteiger partial charge in [-0.15, -0.1) is 0 Å². The molecule has 1 aromatic carbocycles. The number of nitrogens with zero attached hydrogens (tertiary/aromatic N) is 2. The molecule has 0 radical (unpaired) electrons. The van der Waals surface area contributed by atoms with E-state index < -0.39 is 0 Å². The highest BCUT2D eigenvalue weighted by Crippen LogP contribution is 2.17. The Hall–Kier alpha value is -2.89. The molecular weight excluding hydrogens is 254 g/mol. The molecule has 3 rings (SSSR count). The highest BCUT2D eigenvalue weighted by atomic mass is 16.1. The quantitative estimate of drug-likeness (QED) is 0.669. The number of hydrogen-bond donors (Lipinski definition) is 3. The van der Waals surface area contributed by atoms with Crippen LogP contribution >= 0.6 is 0 Å². The number of imidazole rings is 1. The van der Waals surface area contributed by atoms with E-state index in [4.69, 9.17) is 5.73 Å². The van der Waals surface area contributed by atoms with Crippen LogP contribution in [0.4, 0.5) is 5.95 Å². The van der Waals surface area contributed by atoms with Crippen molar-refractivity contribution in [3.8, 4) is 0 Å². The molecule has 4 N–H and O–H groups in total. The summed E-state index contributed by atoms with van der Waals surface area (Å²) in [7, 11) is 0. The molecule has 2 heterocycles. The lowest BCUT2D eigenvalue weighted by Crippen LogP contribution is -2.10. The van der Waals surface area contributed by atoms with Gasteiger partial charge in [0.05, 0.1) is 0 Å². The average molecular weight is 267 g/mol. The Bertz CT molecular complexity index is 832. The van der Waals surface area contributed by atoms with Crippen LogP contribution in [0.3, 0.4) is 0 Å².